The van der Waals surface area contributed by atoms with Crippen LogP contribution in [0.25, 0.3) is 10.7 Å². The van der Waals surface area contributed by atoms with Crippen LogP contribution < -0.4 is 4.90 Å². The van der Waals surface area contributed by atoms with Crippen molar-refractivity contribution >= 4 is 16.5 Å². The van der Waals surface area contributed by atoms with Crippen molar-refractivity contribution in [3.63, 3.8) is 0 Å². The number of hydrogen-bond donors (Lipinski definition) is 0. The smallest absolute Gasteiger partial charge is 0.319 e. The maximum absolute atomic E-state index is 12.9. The van der Waals surface area contributed by atoms with Crippen molar-refractivity contribution in [2.45, 2.75) is 13.1 Å². The zero-order chi connectivity index (χ0) is 17.2. The van der Waals surface area contributed by atoms with Gasteiger partial charge in [0.25, 0.3) is 0 Å². The lowest BCUT2D eigenvalue weighted by Gasteiger charge is -2.34. The van der Waals surface area contributed by atoms with Gasteiger partial charge in [0.2, 0.25) is 5.13 Å². The van der Waals surface area contributed by atoms with Gasteiger partial charge >= 0.3 is 6.55 Å². The van der Waals surface area contributed by atoms with Crippen LogP contribution >= 0.6 is 11.3 Å². The summed E-state index contributed by atoms with van der Waals surface area (Å²) in [6.45, 7) is 0.844. The van der Waals surface area contributed by atoms with E-state index in [2.05, 4.69) is 30.1 Å². The molecule has 0 atom stereocenters. The van der Waals surface area contributed by atoms with Crippen molar-refractivity contribution in [1.29, 1.82) is 0 Å². The van der Waals surface area contributed by atoms with Crippen molar-refractivity contribution in [1.82, 2.24) is 29.8 Å². The van der Waals surface area contributed by atoms with Gasteiger partial charge in [-0.15, -0.1) is 10.2 Å². The highest BCUT2D eigenvalue weighted by Gasteiger charge is 2.22. The molecule has 0 unspecified atom stereocenters. The normalized spacial score (nSPS) is 16.0. The SMILES string of the molecule is FC(F)n1ccnc1CN1CCN(c2nnc(-c3ccon3)s2)CC1. The van der Waals surface area contributed by atoms with Gasteiger partial charge in [0.15, 0.2) is 5.01 Å². The first-order valence-corrected chi connectivity index (χ1v) is 8.54. The second-order valence-electron chi connectivity index (χ2n) is 5.57. The molecular formula is C14H15F2N7OS. The summed E-state index contributed by atoms with van der Waals surface area (Å²) in [4.78, 5) is 8.28. The Bertz CT molecular complexity index is 811. The van der Waals surface area contributed by atoms with E-state index in [4.69, 9.17) is 4.52 Å². The lowest BCUT2D eigenvalue weighted by atomic mass is 10.3. The quantitative estimate of drug-likeness (QED) is 0.683. The molecule has 132 valence electrons. The fourth-order valence-corrected chi connectivity index (χ4v) is 3.57. The molecule has 1 saturated heterocycles. The van der Waals surface area contributed by atoms with Crippen LogP contribution in [0.5, 0.6) is 0 Å². The number of nitrogens with zero attached hydrogens (tertiary/aromatic N) is 7. The summed E-state index contributed by atoms with van der Waals surface area (Å²) in [7, 11) is 0. The van der Waals surface area contributed by atoms with E-state index in [1.165, 1.54) is 30.0 Å². The highest BCUT2D eigenvalue weighted by Crippen LogP contribution is 2.28. The predicted molar refractivity (Wildman–Crippen MR) is 86.4 cm³/mol. The topological polar surface area (TPSA) is 76.1 Å². The Balaban J connectivity index is 1.36. The van der Waals surface area contributed by atoms with E-state index >= 15 is 0 Å². The Kier molecular flexibility index (Phi) is 4.40. The molecule has 3 aromatic heterocycles. The van der Waals surface area contributed by atoms with Gasteiger partial charge in [-0.2, -0.15) is 8.78 Å². The standard InChI is InChI=1S/C14H15F2N7OS/c15-13(16)23-3-2-17-11(23)9-21-4-6-22(7-5-21)14-19-18-12(25-14)10-1-8-24-20-10/h1-3,8,13H,4-7,9H2. The van der Waals surface area contributed by atoms with E-state index in [-0.39, 0.29) is 0 Å². The molecule has 3 aromatic rings. The molecule has 0 spiro atoms. The number of alkyl halides is 2. The molecular weight excluding hydrogens is 352 g/mol. The summed E-state index contributed by atoms with van der Waals surface area (Å²) in [5.74, 6) is 0.382. The molecule has 1 fully saturated rings. The number of rotatable bonds is 5. The number of hydrogen-bond acceptors (Lipinski definition) is 8. The van der Waals surface area contributed by atoms with E-state index in [1.54, 1.807) is 6.07 Å². The van der Waals surface area contributed by atoms with Crippen LogP contribution in [0.15, 0.2) is 29.2 Å². The molecule has 25 heavy (non-hydrogen) atoms. The molecule has 11 heteroatoms. The summed E-state index contributed by atoms with van der Waals surface area (Å²) in [5.41, 5.74) is 0.668. The molecule has 0 bridgehead atoms. The first-order chi connectivity index (χ1) is 12.2. The second kappa shape index (κ2) is 6.84. The molecule has 0 saturated carbocycles. The molecule has 1 aliphatic rings. The van der Waals surface area contributed by atoms with Gasteiger partial charge in [-0.3, -0.25) is 9.47 Å². The number of anilines is 1. The maximum Gasteiger partial charge on any atom is 0.319 e. The maximum atomic E-state index is 12.9. The van der Waals surface area contributed by atoms with Gasteiger partial charge < -0.3 is 9.42 Å². The molecule has 1 aliphatic heterocycles. The fraction of sp³-hybridized carbons (Fsp3) is 0.429. The van der Waals surface area contributed by atoms with Gasteiger partial charge in [-0.1, -0.05) is 16.5 Å². The number of piperazine rings is 1. The third-order valence-electron chi connectivity index (χ3n) is 4.04. The van der Waals surface area contributed by atoms with Crippen molar-refractivity contribution in [2.24, 2.45) is 0 Å². The summed E-state index contributed by atoms with van der Waals surface area (Å²) < 4.78 is 31.5. The number of halogens is 2. The summed E-state index contributed by atoms with van der Waals surface area (Å²) >= 11 is 1.46. The average molecular weight is 367 g/mol. The van der Waals surface area contributed by atoms with Crippen LogP contribution in [0, 0.1) is 0 Å². The van der Waals surface area contributed by atoms with E-state index in [0.29, 0.717) is 23.1 Å². The van der Waals surface area contributed by atoms with Gasteiger partial charge in [0.05, 0.1) is 6.54 Å². The van der Waals surface area contributed by atoms with Crippen LogP contribution in [0.2, 0.25) is 0 Å². The third-order valence-corrected chi connectivity index (χ3v) is 5.04. The zero-order valence-electron chi connectivity index (χ0n) is 13.1. The monoisotopic (exact) mass is 367 g/mol. The lowest BCUT2D eigenvalue weighted by molar-refractivity contribution is 0.0637. The average Bonchev–Trinajstić information content (AvgIpc) is 3.36. The minimum atomic E-state index is -2.56. The van der Waals surface area contributed by atoms with Crippen LogP contribution in [-0.4, -0.2) is 56.0 Å². The van der Waals surface area contributed by atoms with Crippen molar-refractivity contribution in [3.05, 3.63) is 30.5 Å². The molecule has 8 nitrogen and oxygen atoms in total. The minimum Gasteiger partial charge on any atom is -0.364 e. The highest BCUT2D eigenvalue weighted by molar-refractivity contribution is 7.18. The highest BCUT2D eigenvalue weighted by atomic mass is 32.1. The van der Waals surface area contributed by atoms with Crippen LogP contribution in [0.4, 0.5) is 13.9 Å². The van der Waals surface area contributed by atoms with Gasteiger partial charge in [-0.25, -0.2) is 4.98 Å². The van der Waals surface area contributed by atoms with E-state index in [1.807, 2.05) is 0 Å². The van der Waals surface area contributed by atoms with Crippen molar-refractivity contribution in [2.75, 3.05) is 31.1 Å². The predicted octanol–water partition coefficient (Wildman–Crippen LogP) is 2.11. The fourth-order valence-electron chi connectivity index (χ4n) is 2.71. The Labute approximate surface area is 145 Å². The van der Waals surface area contributed by atoms with Gasteiger partial charge in [-0.05, 0) is 0 Å². The van der Waals surface area contributed by atoms with Gasteiger partial charge in [0.1, 0.15) is 17.8 Å². The van der Waals surface area contributed by atoms with Crippen LogP contribution in [0.3, 0.4) is 0 Å². The Hall–Kier alpha value is -2.40. The second-order valence-corrected chi connectivity index (χ2v) is 6.52. The minimum absolute atomic E-state index is 0.382. The lowest BCUT2D eigenvalue weighted by Crippen LogP contribution is -2.46. The molecule has 4 rings (SSSR count). The summed E-state index contributed by atoms with van der Waals surface area (Å²) in [6, 6.07) is 1.74. The third kappa shape index (κ3) is 3.37. The Morgan fingerprint density at radius 2 is 2.04 bits per heavy atom. The van der Waals surface area contributed by atoms with E-state index < -0.39 is 6.55 Å². The number of aromatic nitrogens is 5. The first kappa shape index (κ1) is 16.1. The van der Waals surface area contributed by atoms with Crippen LogP contribution in [0.1, 0.15) is 12.4 Å². The summed E-state index contributed by atoms with van der Waals surface area (Å²) in [5, 5.41) is 13.7. The van der Waals surface area contributed by atoms with E-state index in [0.717, 1.165) is 35.9 Å². The Morgan fingerprint density at radius 3 is 2.76 bits per heavy atom. The van der Waals surface area contributed by atoms with Gasteiger partial charge in [0, 0.05) is 44.6 Å². The Morgan fingerprint density at radius 1 is 1.20 bits per heavy atom. The zero-order valence-corrected chi connectivity index (χ0v) is 13.9. The largest absolute Gasteiger partial charge is 0.364 e. The first-order valence-electron chi connectivity index (χ1n) is 7.72. The molecule has 0 amide bonds. The van der Waals surface area contributed by atoms with E-state index in [9.17, 15) is 8.78 Å². The van der Waals surface area contributed by atoms with Crippen molar-refractivity contribution < 1.29 is 13.3 Å². The molecule has 0 N–H and O–H groups in total. The van der Waals surface area contributed by atoms with Crippen molar-refractivity contribution in [3.8, 4) is 10.7 Å². The molecule has 4 heterocycles. The molecule has 0 radical (unpaired) electrons. The summed E-state index contributed by atoms with van der Waals surface area (Å²) in [6.07, 6.45) is 4.21. The molecule has 0 aromatic carbocycles. The number of imidazole rings is 1. The molecule has 0 aliphatic carbocycles. The van der Waals surface area contributed by atoms with Crippen LogP contribution in [-0.2, 0) is 6.54 Å².